The molecule has 0 unspecified atom stereocenters. The number of carbonyl (C=O) groups excluding carboxylic acids is 1. The number of carbonyl (C=O) groups is 1. The summed E-state index contributed by atoms with van der Waals surface area (Å²) in [5.41, 5.74) is 2.30. The van der Waals surface area contributed by atoms with E-state index in [0.717, 1.165) is 10.9 Å². The minimum Gasteiger partial charge on any atom is -0.419 e. The second kappa shape index (κ2) is 5.02. The van der Waals surface area contributed by atoms with Gasteiger partial charge in [-0.3, -0.25) is 14.9 Å². The third-order valence-electron chi connectivity index (χ3n) is 3.85. The van der Waals surface area contributed by atoms with E-state index in [0.29, 0.717) is 22.7 Å². The van der Waals surface area contributed by atoms with Crippen molar-refractivity contribution in [3.8, 4) is 11.5 Å². The molecule has 4 rings (SSSR count). The molecule has 0 fully saturated rings. The number of non-ortho nitro benzene ring substituents is 1. The molecule has 118 valence electrons. The van der Waals surface area contributed by atoms with Gasteiger partial charge < -0.3 is 4.42 Å². The first-order valence-electron chi connectivity index (χ1n) is 7.22. The van der Waals surface area contributed by atoms with Gasteiger partial charge in [-0.2, -0.15) is 0 Å². The summed E-state index contributed by atoms with van der Waals surface area (Å²) < 4.78 is 7.27. The molecular formula is C17H11N3O4. The van der Waals surface area contributed by atoms with Crippen molar-refractivity contribution in [1.82, 2.24) is 9.55 Å². The Hall–Kier alpha value is -3.48. The summed E-state index contributed by atoms with van der Waals surface area (Å²) in [5, 5.41) is 11.6. The molecule has 2 aromatic carbocycles. The van der Waals surface area contributed by atoms with Crippen molar-refractivity contribution in [1.29, 1.82) is 0 Å². The molecule has 0 amide bonds. The van der Waals surface area contributed by atoms with E-state index in [4.69, 9.17) is 4.42 Å². The molecule has 0 bridgehead atoms. The Kier molecular flexibility index (Phi) is 2.96. The zero-order chi connectivity index (χ0) is 16.8. The molecule has 4 aromatic rings. The van der Waals surface area contributed by atoms with Crippen LogP contribution in [-0.2, 0) is 0 Å². The van der Waals surface area contributed by atoms with Crippen molar-refractivity contribution in [3.05, 3.63) is 58.6 Å². The summed E-state index contributed by atoms with van der Waals surface area (Å²) in [6, 6.07) is 13.3. The molecule has 0 saturated heterocycles. The highest BCUT2D eigenvalue weighted by molar-refractivity contribution is 6.10. The summed E-state index contributed by atoms with van der Waals surface area (Å²) in [6.07, 6.45) is 0. The van der Waals surface area contributed by atoms with Gasteiger partial charge in [0.25, 0.3) is 5.69 Å². The normalized spacial score (nSPS) is 11.2. The molecule has 0 N–H and O–H groups in total. The fourth-order valence-corrected chi connectivity index (χ4v) is 2.78. The van der Waals surface area contributed by atoms with Crippen molar-refractivity contribution < 1.29 is 14.1 Å². The lowest BCUT2D eigenvalue weighted by atomic mass is 10.2. The summed E-state index contributed by atoms with van der Waals surface area (Å²) in [5.74, 6) is 0.142. The number of rotatable bonds is 2. The highest BCUT2D eigenvalue weighted by Gasteiger charge is 2.20. The predicted molar refractivity (Wildman–Crippen MR) is 87.9 cm³/mol. The largest absolute Gasteiger partial charge is 0.419 e. The number of nitro groups is 1. The first-order chi connectivity index (χ1) is 11.6. The Bertz CT molecular complexity index is 1110. The molecule has 0 spiro atoms. The first kappa shape index (κ1) is 14.1. The molecular weight excluding hydrogens is 310 g/mol. The van der Waals surface area contributed by atoms with Crippen LogP contribution in [0.2, 0.25) is 0 Å². The summed E-state index contributed by atoms with van der Waals surface area (Å²) in [7, 11) is 0. The van der Waals surface area contributed by atoms with Crippen LogP contribution in [0.3, 0.4) is 0 Å². The van der Waals surface area contributed by atoms with Crippen LogP contribution < -0.4 is 0 Å². The Morgan fingerprint density at radius 2 is 1.88 bits per heavy atom. The third-order valence-corrected chi connectivity index (χ3v) is 3.85. The summed E-state index contributed by atoms with van der Waals surface area (Å²) in [6.45, 7) is 1.46. The highest BCUT2D eigenvalue weighted by atomic mass is 16.6. The predicted octanol–water partition coefficient (Wildman–Crippen LogP) is 4.02. The van der Waals surface area contributed by atoms with Gasteiger partial charge in [-0.15, -0.1) is 0 Å². The van der Waals surface area contributed by atoms with Crippen molar-refractivity contribution in [3.63, 3.8) is 0 Å². The Labute approximate surface area is 135 Å². The number of nitro benzene ring substituents is 1. The lowest BCUT2D eigenvalue weighted by Gasteiger charge is -1.99. The Morgan fingerprint density at radius 1 is 1.17 bits per heavy atom. The van der Waals surface area contributed by atoms with Gasteiger partial charge in [0.2, 0.25) is 17.5 Å². The number of hydrogen-bond acceptors (Lipinski definition) is 5. The third kappa shape index (κ3) is 1.98. The summed E-state index contributed by atoms with van der Waals surface area (Å²) in [4.78, 5) is 26.8. The quantitative estimate of drug-likeness (QED) is 0.411. The highest BCUT2D eigenvalue weighted by Crippen LogP contribution is 2.32. The van der Waals surface area contributed by atoms with Crippen LogP contribution in [0, 0.1) is 10.1 Å². The minimum absolute atomic E-state index is 0.00597. The average Bonchev–Trinajstić information content (AvgIpc) is 3.11. The van der Waals surface area contributed by atoms with Gasteiger partial charge >= 0.3 is 0 Å². The Balaban J connectivity index is 1.94. The van der Waals surface area contributed by atoms with Crippen LogP contribution in [0.1, 0.15) is 11.7 Å². The smallest absolute Gasteiger partial charge is 0.269 e. The van der Waals surface area contributed by atoms with Crippen LogP contribution in [0.15, 0.2) is 52.9 Å². The van der Waals surface area contributed by atoms with Crippen LogP contribution in [0.5, 0.6) is 0 Å². The standard InChI is InChI=1S/C17H11N3O4/c1-10(21)19-14-5-3-2-4-13(14)15-17(19)24-16(18-15)11-6-8-12(9-7-11)20(22)23/h2-9H,1H3. The molecule has 24 heavy (non-hydrogen) atoms. The van der Waals surface area contributed by atoms with E-state index in [1.54, 1.807) is 12.1 Å². The fourth-order valence-electron chi connectivity index (χ4n) is 2.78. The van der Waals surface area contributed by atoms with E-state index in [2.05, 4.69) is 4.98 Å². The lowest BCUT2D eigenvalue weighted by molar-refractivity contribution is -0.384. The molecule has 7 heteroatoms. The second-order valence-corrected chi connectivity index (χ2v) is 5.35. The number of aromatic nitrogens is 2. The molecule has 0 saturated carbocycles. The molecule has 0 aliphatic carbocycles. The average molecular weight is 321 g/mol. The Morgan fingerprint density at radius 3 is 2.54 bits per heavy atom. The monoisotopic (exact) mass is 321 g/mol. The zero-order valence-electron chi connectivity index (χ0n) is 12.6. The lowest BCUT2D eigenvalue weighted by Crippen LogP contribution is -2.03. The van der Waals surface area contributed by atoms with Crippen molar-refractivity contribution in [2.75, 3.05) is 0 Å². The topological polar surface area (TPSA) is 91.2 Å². The maximum atomic E-state index is 12.0. The van der Waals surface area contributed by atoms with Gasteiger partial charge in [0, 0.05) is 30.0 Å². The second-order valence-electron chi connectivity index (χ2n) is 5.35. The van der Waals surface area contributed by atoms with Crippen LogP contribution in [-0.4, -0.2) is 20.4 Å². The van der Waals surface area contributed by atoms with Crippen molar-refractivity contribution in [2.24, 2.45) is 0 Å². The van der Waals surface area contributed by atoms with Crippen molar-refractivity contribution >= 4 is 33.7 Å². The number of nitrogens with zero attached hydrogens (tertiary/aromatic N) is 3. The van der Waals surface area contributed by atoms with E-state index in [9.17, 15) is 14.9 Å². The van der Waals surface area contributed by atoms with Gasteiger partial charge in [-0.25, -0.2) is 9.55 Å². The van der Waals surface area contributed by atoms with Gasteiger partial charge in [0.15, 0.2) is 0 Å². The number of benzene rings is 2. The molecule has 0 atom stereocenters. The van der Waals surface area contributed by atoms with Crippen molar-refractivity contribution in [2.45, 2.75) is 6.92 Å². The van der Waals surface area contributed by atoms with Crippen LogP contribution in [0.4, 0.5) is 5.69 Å². The fraction of sp³-hybridized carbons (Fsp3) is 0.0588. The van der Waals surface area contributed by atoms with E-state index < -0.39 is 4.92 Å². The number of fused-ring (bicyclic) bond motifs is 3. The van der Waals surface area contributed by atoms with E-state index in [1.165, 1.54) is 23.6 Å². The number of hydrogen-bond donors (Lipinski definition) is 0. The summed E-state index contributed by atoms with van der Waals surface area (Å²) >= 11 is 0. The number of para-hydroxylation sites is 1. The minimum atomic E-state index is -0.465. The molecule has 7 nitrogen and oxygen atoms in total. The van der Waals surface area contributed by atoms with E-state index in [-0.39, 0.29) is 11.6 Å². The maximum Gasteiger partial charge on any atom is 0.269 e. The molecule has 0 aliphatic heterocycles. The molecule has 0 radical (unpaired) electrons. The van der Waals surface area contributed by atoms with Crippen LogP contribution >= 0.6 is 0 Å². The zero-order valence-corrected chi connectivity index (χ0v) is 12.6. The van der Waals surface area contributed by atoms with Gasteiger partial charge in [-0.1, -0.05) is 18.2 Å². The van der Waals surface area contributed by atoms with E-state index >= 15 is 0 Å². The van der Waals surface area contributed by atoms with E-state index in [1.807, 2.05) is 24.3 Å². The SMILES string of the molecule is CC(=O)n1c2ccccc2c2nc(-c3ccc([N+](=O)[O-])cc3)oc21. The van der Waals surface area contributed by atoms with Gasteiger partial charge in [0.05, 0.1) is 10.4 Å². The first-order valence-corrected chi connectivity index (χ1v) is 7.22. The maximum absolute atomic E-state index is 12.0. The van der Waals surface area contributed by atoms with Gasteiger partial charge in [-0.05, 0) is 18.2 Å². The molecule has 2 heterocycles. The number of oxazole rings is 1. The molecule has 2 aromatic heterocycles. The van der Waals surface area contributed by atoms with Crippen LogP contribution in [0.25, 0.3) is 33.6 Å². The van der Waals surface area contributed by atoms with Gasteiger partial charge in [0.1, 0.15) is 5.52 Å². The molecule has 0 aliphatic rings.